The molecule has 0 unspecified atom stereocenters. The summed E-state index contributed by atoms with van der Waals surface area (Å²) in [6.45, 7) is 0. The molecule has 1 heterocycles. The lowest BCUT2D eigenvalue weighted by molar-refractivity contribution is 1.28. The maximum absolute atomic E-state index is 5.64. The zero-order valence-electron chi connectivity index (χ0n) is 4.98. The highest BCUT2D eigenvalue weighted by molar-refractivity contribution is 6.32. The molecule has 1 rings (SSSR count). The van der Waals surface area contributed by atoms with E-state index in [4.69, 9.17) is 11.6 Å². The molecule has 0 spiro atoms. The Morgan fingerprint density at radius 3 is 3.00 bits per heavy atom. The molecule has 0 bridgehead atoms. The molecule has 0 fully saturated rings. The highest BCUT2D eigenvalue weighted by Gasteiger charge is 1.93. The molecule has 0 aliphatic rings. The summed E-state index contributed by atoms with van der Waals surface area (Å²) in [6.07, 6.45) is 1.64. The first-order valence-corrected chi connectivity index (χ1v) is 2.92. The molecule has 0 saturated heterocycles. The lowest BCUT2D eigenvalue weighted by Gasteiger charge is -1.97. The molecule has 0 saturated carbocycles. The average molecular weight is 142 g/mol. The predicted octanol–water partition coefficient (Wildman–Crippen LogP) is 1.58. The van der Waals surface area contributed by atoms with Crippen molar-refractivity contribution in [2.75, 3.05) is 12.4 Å². The zero-order chi connectivity index (χ0) is 6.69. The molecule has 0 aromatic carbocycles. The Labute approximate surface area is 58.9 Å². The maximum atomic E-state index is 5.64. The van der Waals surface area contributed by atoms with Crippen molar-refractivity contribution in [1.82, 2.24) is 4.98 Å². The van der Waals surface area contributed by atoms with Crippen LogP contribution in [-0.4, -0.2) is 12.0 Å². The fourth-order valence-corrected chi connectivity index (χ4v) is 0.728. The van der Waals surface area contributed by atoms with Crippen LogP contribution in [0.3, 0.4) is 0 Å². The van der Waals surface area contributed by atoms with Gasteiger partial charge in [-0.15, -0.1) is 0 Å². The molecular weight excluding hydrogens is 136 g/mol. The molecule has 9 heavy (non-hydrogen) atoms. The second-order valence-electron chi connectivity index (χ2n) is 1.50. The largest absolute Gasteiger partial charge is 0.372 e. The van der Waals surface area contributed by atoms with E-state index in [1.807, 2.05) is 0 Å². The summed E-state index contributed by atoms with van der Waals surface area (Å²) in [4.78, 5) is 3.92. The van der Waals surface area contributed by atoms with Crippen molar-refractivity contribution in [2.24, 2.45) is 0 Å². The van der Waals surface area contributed by atoms with Crippen molar-refractivity contribution in [3.63, 3.8) is 0 Å². The Balaban J connectivity index is 3.01. The van der Waals surface area contributed by atoms with E-state index in [2.05, 4.69) is 16.4 Å². The number of nitrogens with zero attached hydrogens (tertiary/aromatic N) is 1. The molecule has 0 atom stereocenters. The number of hydrogen-bond acceptors (Lipinski definition) is 2. The van der Waals surface area contributed by atoms with Gasteiger partial charge in [-0.1, -0.05) is 11.6 Å². The van der Waals surface area contributed by atoms with Gasteiger partial charge in [0, 0.05) is 19.3 Å². The van der Waals surface area contributed by atoms with Crippen LogP contribution in [-0.2, 0) is 0 Å². The number of rotatable bonds is 1. The van der Waals surface area contributed by atoms with E-state index in [1.165, 1.54) is 0 Å². The predicted molar refractivity (Wildman–Crippen MR) is 37.6 cm³/mol. The second-order valence-corrected chi connectivity index (χ2v) is 1.88. The number of hydrogen-bond donors (Lipinski definition) is 1. The van der Waals surface area contributed by atoms with Crippen LogP contribution in [0.25, 0.3) is 0 Å². The van der Waals surface area contributed by atoms with E-state index < -0.39 is 0 Å². The lowest BCUT2D eigenvalue weighted by Crippen LogP contribution is -1.91. The Morgan fingerprint density at radius 1 is 1.78 bits per heavy atom. The third kappa shape index (κ3) is 1.33. The van der Waals surface area contributed by atoms with E-state index >= 15 is 0 Å². The quantitative estimate of drug-likeness (QED) is 0.642. The monoisotopic (exact) mass is 141 g/mol. The standard InChI is InChI=1S/C6H6ClN2/c1-8-6-5(7)3-2-4-9-6/h2,4H,1H3,(H,8,9). The van der Waals surface area contributed by atoms with Gasteiger partial charge in [0.05, 0.1) is 5.02 Å². The molecule has 1 aromatic rings. The van der Waals surface area contributed by atoms with Crippen molar-refractivity contribution in [2.45, 2.75) is 0 Å². The van der Waals surface area contributed by atoms with Crippen molar-refractivity contribution in [1.29, 1.82) is 0 Å². The molecule has 1 aromatic heterocycles. The summed E-state index contributed by atoms with van der Waals surface area (Å²) in [7, 11) is 1.77. The number of nitrogens with one attached hydrogen (secondary N) is 1. The average Bonchev–Trinajstić information content (AvgIpc) is 1.89. The number of pyridine rings is 1. The molecule has 1 N–H and O–H groups in total. The van der Waals surface area contributed by atoms with E-state index in [-0.39, 0.29) is 0 Å². The first-order chi connectivity index (χ1) is 4.34. The van der Waals surface area contributed by atoms with Gasteiger partial charge in [-0.2, -0.15) is 0 Å². The van der Waals surface area contributed by atoms with Crippen molar-refractivity contribution >= 4 is 17.4 Å². The number of halogens is 1. The highest BCUT2D eigenvalue weighted by Crippen LogP contribution is 2.14. The topological polar surface area (TPSA) is 24.9 Å². The van der Waals surface area contributed by atoms with Gasteiger partial charge in [0.1, 0.15) is 5.82 Å². The van der Waals surface area contributed by atoms with Crippen LogP contribution >= 0.6 is 11.6 Å². The summed E-state index contributed by atoms with van der Waals surface area (Å²) < 4.78 is 0. The van der Waals surface area contributed by atoms with Gasteiger partial charge in [0.2, 0.25) is 0 Å². The van der Waals surface area contributed by atoms with E-state index in [0.717, 1.165) is 0 Å². The zero-order valence-corrected chi connectivity index (χ0v) is 5.74. The minimum Gasteiger partial charge on any atom is -0.372 e. The van der Waals surface area contributed by atoms with Crippen molar-refractivity contribution in [3.05, 3.63) is 23.4 Å². The minimum absolute atomic E-state index is 0.528. The third-order valence-corrected chi connectivity index (χ3v) is 1.22. The Morgan fingerprint density at radius 2 is 2.56 bits per heavy atom. The fraction of sp³-hybridized carbons (Fsp3) is 0.167. The van der Waals surface area contributed by atoms with Gasteiger partial charge in [0.15, 0.2) is 0 Å². The lowest BCUT2D eigenvalue weighted by atomic mass is 10.5. The fourth-order valence-electron chi connectivity index (χ4n) is 0.522. The maximum Gasteiger partial charge on any atom is 0.145 e. The number of aromatic nitrogens is 1. The molecule has 47 valence electrons. The smallest absolute Gasteiger partial charge is 0.145 e. The van der Waals surface area contributed by atoms with Crippen LogP contribution < -0.4 is 5.32 Å². The second kappa shape index (κ2) is 2.69. The van der Waals surface area contributed by atoms with Crippen LogP contribution in [0.5, 0.6) is 0 Å². The summed E-state index contributed by atoms with van der Waals surface area (Å²) in [5.41, 5.74) is 0. The molecule has 1 radical (unpaired) electrons. The van der Waals surface area contributed by atoms with Crippen molar-refractivity contribution in [3.8, 4) is 0 Å². The van der Waals surface area contributed by atoms with Gasteiger partial charge in [-0.05, 0) is 6.07 Å². The Hall–Kier alpha value is -0.760. The van der Waals surface area contributed by atoms with Gasteiger partial charge >= 0.3 is 0 Å². The summed E-state index contributed by atoms with van der Waals surface area (Å²) in [5.74, 6) is 0.666. The third-order valence-electron chi connectivity index (χ3n) is 0.933. The summed E-state index contributed by atoms with van der Waals surface area (Å²) >= 11 is 5.64. The molecule has 0 aliphatic heterocycles. The molecule has 3 heteroatoms. The van der Waals surface area contributed by atoms with E-state index in [1.54, 1.807) is 19.3 Å². The molecule has 0 amide bonds. The first kappa shape index (κ1) is 6.36. The van der Waals surface area contributed by atoms with Gasteiger partial charge < -0.3 is 5.32 Å². The molecule has 0 aliphatic carbocycles. The van der Waals surface area contributed by atoms with E-state index in [0.29, 0.717) is 10.8 Å². The van der Waals surface area contributed by atoms with Crippen LogP contribution in [0, 0.1) is 6.07 Å². The van der Waals surface area contributed by atoms with Crippen molar-refractivity contribution < 1.29 is 0 Å². The Kier molecular flexibility index (Phi) is 1.90. The van der Waals surface area contributed by atoms with Crippen LogP contribution in [0.15, 0.2) is 12.3 Å². The van der Waals surface area contributed by atoms with E-state index in [9.17, 15) is 0 Å². The Bertz CT molecular complexity index is 200. The summed E-state index contributed by atoms with van der Waals surface area (Å²) in [5, 5.41) is 3.35. The first-order valence-electron chi connectivity index (χ1n) is 2.54. The molecular formula is C6H6ClN2. The summed E-state index contributed by atoms with van der Waals surface area (Å²) in [6, 6.07) is 4.46. The van der Waals surface area contributed by atoms with Gasteiger partial charge in [-0.3, -0.25) is 0 Å². The molecule has 2 nitrogen and oxygen atoms in total. The highest BCUT2D eigenvalue weighted by atomic mass is 35.5. The number of anilines is 1. The minimum atomic E-state index is 0.528. The van der Waals surface area contributed by atoms with Crippen LogP contribution in [0.4, 0.5) is 5.82 Å². The van der Waals surface area contributed by atoms with Gasteiger partial charge in [0.25, 0.3) is 0 Å². The normalized spacial score (nSPS) is 9.11. The SMILES string of the molecule is CNc1ncc[c]c1Cl. The van der Waals surface area contributed by atoms with Crippen LogP contribution in [0.2, 0.25) is 5.02 Å². The van der Waals surface area contributed by atoms with Gasteiger partial charge in [-0.25, -0.2) is 4.98 Å². The van der Waals surface area contributed by atoms with Crippen LogP contribution in [0.1, 0.15) is 0 Å².